The fourth-order valence-electron chi connectivity index (χ4n) is 3.55. The van der Waals surface area contributed by atoms with Crippen molar-refractivity contribution in [3.8, 4) is 0 Å². The molecule has 0 saturated heterocycles. The minimum absolute atomic E-state index is 0. The quantitative estimate of drug-likeness (QED) is 0.281. The Hall–Kier alpha value is -0.820. The van der Waals surface area contributed by atoms with Gasteiger partial charge in [-0.2, -0.15) is 0 Å². The molecule has 0 amide bonds. The first-order valence-corrected chi connectivity index (χ1v) is 9.50. The summed E-state index contributed by atoms with van der Waals surface area (Å²) in [6.45, 7) is 1.76. The number of guanidine groups is 1. The molecule has 0 aromatic heterocycles. The van der Waals surface area contributed by atoms with Crippen molar-refractivity contribution in [1.29, 1.82) is 0 Å². The number of hydrogen-bond acceptors (Lipinski definition) is 2. The summed E-state index contributed by atoms with van der Waals surface area (Å²) in [5.74, 6) is 1.54. The van der Waals surface area contributed by atoms with E-state index >= 15 is 0 Å². The van der Waals surface area contributed by atoms with E-state index < -0.39 is 0 Å². The summed E-state index contributed by atoms with van der Waals surface area (Å²) in [4.78, 5) is 4.34. The molecular formula is C20H32IN3O. The van der Waals surface area contributed by atoms with E-state index in [2.05, 4.69) is 46.0 Å². The largest absolute Gasteiger partial charge is 0.378 e. The van der Waals surface area contributed by atoms with Gasteiger partial charge in [0.2, 0.25) is 0 Å². The molecule has 5 heteroatoms. The Balaban J connectivity index is 0.00000225. The molecule has 2 saturated carbocycles. The van der Waals surface area contributed by atoms with Crippen LogP contribution in [0.25, 0.3) is 0 Å². The molecule has 2 aliphatic rings. The second kappa shape index (κ2) is 11.0. The molecule has 0 heterocycles. The van der Waals surface area contributed by atoms with Crippen LogP contribution in [-0.4, -0.2) is 38.3 Å². The highest BCUT2D eigenvalue weighted by molar-refractivity contribution is 14.0. The molecule has 2 atom stereocenters. The highest BCUT2D eigenvalue weighted by Gasteiger charge is 2.38. The summed E-state index contributed by atoms with van der Waals surface area (Å²) in [7, 11) is 1.84. The topological polar surface area (TPSA) is 45.7 Å². The van der Waals surface area contributed by atoms with E-state index in [9.17, 15) is 0 Å². The van der Waals surface area contributed by atoms with Gasteiger partial charge in [0.1, 0.15) is 0 Å². The Bertz CT molecular complexity index is 517. The van der Waals surface area contributed by atoms with Crippen molar-refractivity contribution in [1.82, 2.24) is 10.6 Å². The Morgan fingerprint density at radius 2 is 1.92 bits per heavy atom. The van der Waals surface area contributed by atoms with Crippen LogP contribution in [0, 0.1) is 0 Å². The lowest BCUT2D eigenvalue weighted by Gasteiger charge is -2.22. The molecule has 2 fully saturated rings. The number of nitrogens with one attached hydrogen (secondary N) is 2. The third-order valence-electron chi connectivity index (χ3n) is 5.08. The number of ether oxygens (including phenoxy) is 1. The van der Waals surface area contributed by atoms with Gasteiger partial charge >= 0.3 is 0 Å². The molecule has 1 aromatic carbocycles. The molecule has 4 nitrogen and oxygen atoms in total. The van der Waals surface area contributed by atoms with Crippen molar-refractivity contribution >= 4 is 29.9 Å². The first kappa shape index (κ1) is 20.5. The molecule has 3 rings (SSSR count). The van der Waals surface area contributed by atoms with Gasteiger partial charge in [-0.1, -0.05) is 49.6 Å². The molecule has 0 aliphatic heterocycles. The number of rotatable bonds is 7. The molecular weight excluding hydrogens is 425 g/mol. The number of halogens is 1. The third-order valence-corrected chi connectivity index (χ3v) is 5.08. The van der Waals surface area contributed by atoms with Crippen molar-refractivity contribution in [2.24, 2.45) is 4.99 Å². The van der Waals surface area contributed by atoms with Crippen molar-refractivity contribution in [3.63, 3.8) is 0 Å². The molecule has 2 N–H and O–H groups in total. The van der Waals surface area contributed by atoms with Gasteiger partial charge in [-0.3, -0.25) is 4.99 Å². The summed E-state index contributed by atoms with van der Waals surface area (Å²) in [5, 5.41) is 6.94. The zero-order valence-electron chi connectivity index (χ0n) is 15.2. The Morgan fingerprint density at radius 1 is 1.16 bits per heavy atom. The summed E-state index contributed by atoms with van der Waals surface area (Å²) < 4.78 is 5.97. The van der Waals surface area contributed by atoms with Crippen LogP contribution in [0.15, 0.2) is 35.3 Å². The molecule has 0 radical (unpaired) electrons. The zero-order valence-corrected chi connectivity index (χ0v) is 17.6. The molecule has 1 aromatic rings. The van der Waals surface area contributed by atoms with Gasteiger partial charge in [-0.05, 0) is 31.2 Å². The maximum Gasteiger partial charge on any atom is 0.191 e. The minimum Gasteiger partial charge on any atom is -0.378 e. The molecule has 25 heavy (non-hydrogen) atoms. The van der Waals surface area contributed by atoms with Crippen LogP contribution in [0.4, 0.5) is 0 Å². The van der Waals surface area contributed by atoms with Crippen LogP contribution in [0.5, 0.6) is 0 Å². The van der Waals surface area contributed by atoms with E-state index in [1.165, 1.54) is 44.1 Å². The van der Waals surface area contributed by atoms with Crippen molar-refractivity contribution in [2.45, 2.75) is 63.0 Å². The molecule has 2 aliphatic carbocycles. The summed E-state index contributed by atoms with van der Waals surface area (Å²) >= 11 is 0. The Kier molecular flexibility index (Phi) is 9.03. The molecule has 140 valence electrons. The van der Waals surface area contributed by atoms with Gasteiger partial charge in [-0.15, -0.1) is 24.0 Å². The number of nitrogens with zero attached hydrogens (tertiary/aromatic N) is 1. The second-order valence-corrected chi connectivity index (χ2v) is 6.99. The lowest BCUT2D eigenvalue weighted by atomic mass is 9.98. The first-order valence-electron chi connectivity index (χ1n) is 9.50. The van der Waals surface area contributed by atoms with Crippen LogP contribution in [0.2, 0.25) is 0 Å². The Morgan fingerprint density at radius 3 is 2.64 bits per heavy atom. The van der Waals surface area contributed by atoms with Gasteiger partial charge in [-0.25, -0.2) is 0 Å². The van der Waals surface area contributed by atoms with Crippen molar-refractivity contribution < 1.29 is 4.74 Å². The van der Waals surface area contributed by atoms with Crippen molar-refractivity contribution in [2.75, 3.05) is 20.2 Å². The average molecular weight is 457 g/mol. The molecule has 0 bridgehead atoms. The predicted molar refractivity (Wildman–Crippen MR) is 115 cm³/mol. The smallest absolute Gasteiger partial charge is 0.191 e. The zero-order chi connectivity index (χ0) is 16.6. The van der Waals surface area contributed by atoms with E-state index in [0.29, 0.717) is 18.1 Å². The highest BCUT2D eigenvalue weighted by Crippen LogP contribution is 2.40. The number of benzene rings is 1. The van der Waals surface area contributed by atoms with E-state index in [0.717, 1.165) is 25.5 Å². The van der Waals surface area contributed by atoms with E-state index in [4.69, 9.17) is 4.74 Å². The maximum atomic E-state index is 5.97. The SMILES string of the molecule is CN=C(NCCCOC1CCCCC1)NC1CC1c1ccccc1.I. The molecule has 2 unspecified atom stereocenters. The second-order valence-electron chi connectivity index (χ2n) is 6.99. The lowest BCUT2D eigenvalue weighted by Crippen LogP contribution is -2.39. The van der Waals surface area contributed by atoms with Gasteiger partial charge < -0.3 is 15.4 Å². The van der Waals surface area contributed by atoms with Crippen LogP contribution in [0.3, 0.4) is 0 Å². The fourth-order valence-corrected chi connectivity index (χ4v) is 3.55. The number of aliphatic imine (C=N–C) groups is 1. The fraction of sp³-hybridized carbons (Fsp3) is 0.650. The maximum absolute atomic E-state index is 5.97. The van der Waals surface area contributed by atoms with E-state index in [-0.39, 0.29) is 24.0 Å². The summed E-state index contributed by atoms with van der Waals surface area (Å²) in [6, 6.07) is 11.2. The van der Waals surface area contributed by atoms with Crippen LogP contribution >= 0.6 is 24.0 Å². The van der Waals surface area contributed by atoms with Crippen LogP contribution in [-0.2, 0) is 4.74 Å². The normalized spacial score (nSPS) is 23.6. The van der Waals surface area contributed by atoms with Gasteiger partial charge in [0.25, 0.3) is 0 Å². The average Bonchev–Trinajstić information content (AvgIpc) is 3.41. The first-order chi connectivity index (χ1) is 11.9. The standard InChI is InChI=1S/C20H31N3O.HI/c1-21-20(22-13-8-14-24-17-11-6-3-7-12-17)23-19-15-18(19)16-9-4-2-5-10-16;/h2,4-5,9-10,17-19H,3,6-8,11-15H2,1H3,(H2,21,22,23);1H. The number of hydrogen-bond donors (Lipinski definition) is 2. The third kappa shape index (κ3) is 6.77. The van der Waals surface area contributed by atoms with Crippen LogP contribution in [0.1, 0.15) is 56.4 Å². The monoisotopic (exact) mass is 457 g/mol. The van der Waals surface area contributed by atoms with Gasteiger partial charge in [0.05, 0.1) is 6.10 Å². The highest BCUT2D eigenvalue weighted by atomic mass is 127. The van der Waals surface area contributed by atoms with E-state index in [1.54, 1.807) is 0 Å². The molecule has 0 spiro atoms. The Labute approximate surface area is 169 Å². The van der Waals surface area contributed by atoms with Crippen LogP contribution < -0.4 is 10.6 Å². The predicted octanol–water partition coefficient (Wildman–Crippen LogP) is 4.06. The summed E-state index contributed by atoms with van der Waals surface area (Å²) in [6.07, 6.45) is 9.29. The lowest BCUT2D eigenvalue weighted by molar-refractivity contribution is 0.0277. The van der Waals surface area contributed by atoms with Gasteiger partial charge in [0.15, 0.2) is 5.96 Å². The minimum atomic E-state index is 0. The van der Waals surface area contributed by atoms with Gasteiger partial charge in [0, 0.05) is 32.2 Å². The van der Waals surface area contributed by atoms with E-state index in [1.807, 2.05) is 7.05 Å². The summed E-state index contributed by atoms with van der Waals surface area (Å²) in [5.41, 5.74) is 1.42. The van der Waals surface area contributed by atoms with Crippen molar-refractivity contribution in [3.05, 3.63) is 35.9 Å².